The summed E-state index contributed by atoms with van der Waals surface area (Å²) in [6.07, 6.45) is 0.103. The summed E-state index contributed by atoms with van der Waals surface area (Å²) >= 11 is 6.12. The Labute approximate surface area is 144 Å². The number of nitrogens with zero attached hydrogens (tertiary/aromatic N) is 1. The van der Waals surface area contributed by atoms with E-state index < -0.39 is 5.92 Å². The molecule has 124 valence electrons. The molecule has 6 heteroatoms. The van der Waals surface area contributed by atoms with E-state index in [0.29, 0.717) is 22.0 Å². The summed E-state index contributed by atoms with van der Waals surface area (Å²) in [5.41, 5.74) is 1.49. The first-order valence-electron chi connectivity index (χ1n) is 7.57. The molecular weight excluding hydrogens is 331 g/mol. The van der Waals surface area contributed by atoms with E-state index in [1.54, 1.807) is 43.3 Å². The van der Waals surface area contributed by atoms with Crippen molar-refractivity contribution in [3.63, 3.8) is 0 Å². The van der Waals surface area contributed by atoms with E-state index >= 15 is 0 Å². The molecule has 1 N–H and O–H groups in total. The van der Waals surface area contributed by atoms with Gasteiger partial charge < -0.3 is 10.2 Å². The Morgan fingerprint density at radius 3 is 2.75 bits per heavy atom. The summed E-state index contributed by atoms with van der Waals surface area (Å²) in [6, 6.07) is 11.5. The summed E-state index contributed by atoms with van der Waals surface area (Å²) < 4.78 is 13.6. The van der Waals surface area contributed by atoms with Crippen molar-refractivity contribution in [2.24, 2.45) is 5.92 Å². The number of benzene rings is 2. The van der Waals surface area contributed by atoms with Crippen LogP contribution in [0.2, 0.25) is 5.02 Å². The van der Waals surface area contributed by atoms with E-state index in [1.807, 2.05) is 0 Å². The topological polar surface area (TPSA) is 49.4 Å². The Hall–Kier alpha value is -2.40. The Balaban J connectivity index is 1.72. The molecule has 2 aromatic carbocycles. The number of halogens is 2. The van der Waals surface area contributed by atoms with Crippen LogP contribution in [0.25, 0.3) is 0 Å². The van der Waals surface area contributed by atoms with E-state index in [9.17, 15) is 14.0 Å². The highest BCUT2D eigenvalue weighted by atomic mass is 35.5. The zero-order chi connectivity index (χ0) is 17.3. The maximum absolute atomic E-state index is 13.6. The van der Waals surface area contributed by atoms with Gasteiger partial charge in [0.25, 0.3) is 0 Å². The molecule has 0 spiro atoms. The molecule has 2 aromatic rings. The molecule has 1 unspecified atom stereocenters. The molecule has 0 radical (unpaired) electrons. The van der Waals surface area contributed by atoms with Gasteiger partial charge in [0, 0.05) is 18.7 Å². The van der Waals surface area contributed by atoms with E-state index in [-0.39, 0.29) is 30.6 Å². The van der Waals surface area contributed by atoms with Crippen LogP contribution in [0.15, 0.2) is 42.5 Å². The first kappa shape index (κ1) is 16.5. The third kappa shape index (κ3) is 3.26. The molecule has 0 saturated carbocycles. The van der Waals surface area contributed by atoms with Crippen LogP contribution in [-0.2, 0) is 9.59 Å². The number of carbonyl (C=O) groups excluding carboxylic acids is 2. The van der Waals surface area contributed by atoms with Crippen molar-refractivity contribution in [3.05, 3.63) is 58.9 Å². The van der Waals surface area contributed by atoms with Crippen molar-refractivity contribution in [3.8, 4) is 0 Å². The number of rotatable bonds is 3. The standard InChI is InChI=1S/C18H16ClFN2O2/c1-11-6-7-13(9-15(11)20)21-18(24)12-8-17(23)22(10-12)16-5-3-2-4-14(16)19/h2-7,9,12H,8,10H2,1H3,(H,21,24). The van der Waals surface area contributed by atoms with Crippen LogP contribution >= 0.6 is 11.6 Å². The van der Waals surface area contributed by atoms with Crippen molar-refractivity contribution in [2.45, 2.75) is 13.3 Å². The van der Waals surface area contributed by atoms with Crippen LogP contribution in [-0.4, -0.2) is 18.4 Å². The first-order chi connectivity index (χ1) is 11.5. The number of hydrogen-bond donors (Lipinski definition) is 1. The maximum Gasteiger partial charge on any atom is 0.229 e. The van der Waals surface area contributed by atoms with Crippen LogP contribution < -0.4 is 10.2 Å². The molecule has 1 aliphatic heterocycles. The molecule has 0 bridgehead atoms. The Morgan fingerprint density at radius 1 is 1.29 bits per heavy atom. The fourth-order valence-electron chi connectivity index (χ4n) is 2.70. The van der Waals surface area contributed by atoms with Gasteiger partial charge in [0.05, 0.1) is 16.6 Å². The minimum absolute atomic E-state index is 0.103. The van der Waals surface area contributed by atoms with Crippen LogP contribution in [0.5, 0.6) is 0 Å². The average Bonchev–Trinajstić information content (AvgIpc) is 2.93. The van der Waals surface area contributed by atoms with Gasteiger partial charge in [0.1, 0.15) is 5.82 Å². The second kappa shape index (κ2) is 6.61. The Morgan fingerprint density at radius 2 is 2.04 bits per heavy atom. The molecular formula is C18H16ClFN2O2. The summed E-state index contributed by atoms with van der Waals surface area (Å²) in [5, 5.41) is 3.13. The fraction of sp³-hybridized carbons (Fsp3) is 0.222. The van der Waals surface area contributed by atoms with E-state index in [0.717, 1.165) is 0 Å². The number of amides is 2. The summed E-state index contributed by atoms with van der Waals surface area (Å²) in [5.74, 6) is -1.34. The quantitative estimate of drug-likeness (QED) is 0.919. The van der Waals surface area contributed by atoms with Gasteiger partial charge in [-0.05, 0) is 36.8 Å². The van der Waals surface area contributed by atoms with E-state index in [4.69, 9.17) is 11.6 Å². The summed E-state index contributed by atoms with van der Waals surface area (Å²) in [6.45, 7) is 1.90. The number of carbonyl (C=O) groups is 2. The van der Waals surface area contributed by atoms with Gasteiger partial charge in [-0.3, -0.25) is 9.59 Å². The smallest absolute Gasteiger partial charge is 0.229 e. The lowest BCUT2D eigenvalue weighted by Crippen LogP contribution is -2.28. The lowest BCUT2D eigenvalue weighted by molar-refractivity contribution is -0.122. The third-order valence-electron chi connectivity index (χ3n) is 4.08. The van der Waals surface area contributed by atoms with Gasteiger partial charge in [-0.25, -0.2) is 4.39 Å². The second-order valence-electron chi connectivity index (χ2n) is 5.81. The van der Waals surface area contributed by atoms with Gasteiger partial charge in [-0.2, -0.15) is 0 Å². The first-order valence-corrected chi connectivity index (χ1v) is 7.95. The SMILES string of the molecule is Cc1ccc(NC(=O)C2CC(=O)N(c3ccccc3Cl)C2)cc1F. The van der Waals surface area contributed by atoms with Crippen LogP contribution in [0, 0.1) is 18.7 Å². The molecule has 3 rings (SSSR count). The molecule has 0 aliphatic carbocycles. The van der Waals surface area contributed by atoms with Crippen molar-refractivity contribution in [2.75, 3.05) is 16.8 Å². The van der Waals surface area contributed by atoms with Gasteiger partial charge in [0.2, 0.25) is 11.8 Å². The minimum Gasteiger partial charge on any atom is -0.326 e. The van der Waals surface area contributed by atoms with Crippen molar-refractivity contribution in [1.29, 1.82) is 0 Å². The fourth-order valence-corrected chi connectivity index (χ4v) is 2.94. The molecule has 2 amide bonds. The maximum atomic E-state index is 13.6. The second-order valence-corrected chi connectivity index (χ2v) is 6.22. The highest BCUT2D eigenvalue weighted by molar-refractivity contribution is 6.33. The lowest BCUT2D eigenvalue weighted by atomic mass is 10.1. The average molecular weight is 347 g/mol. The van der Waals surface area contributed by atoms with Gasteiger partial charge in [-0.15, -0.1) is 0 Å². The highest BCUT2D eigenvalue weighted by Gasteiger charge is 2.35. The molecule has 1 saturated heterocycles. The van der Waals surface area contributed by atoms with Crippen molar-refractivity contribution < 1.29 is 14.0 Å². The van der Waals surface area contributed by atoms with E-state index in [1.165, 1.54) is 11.0 Å². The monoisotopic (exact) mass is 346 g/mol. The number of hydrogen-bond acceptors (Lipinski definition) is 2. The minimum atomic E-state index is -0.502. The zero-order valence-corrected chi connectivity index (χ0v) is 13.8. The number of aryl methyl sites for hydroxylation is 1. The van der Waals surface area contributed by atoms with Crippen molar-refractivity contribution >= 4 is 34.8 Å². The van der Waals surface area contributed by atoms with Crippen molar-refractivity contribution in [1.82, 2.24) is 0 Å². The van der Waals surface area contributed by atoms with Gasteiger partial charge in [0.15, 0.2) is 0 Å². The largest absolute Gasteiger partial charge is 0.326 e. The molecule has 1 atom stereocenters. The predicted molar refractivity (Wildman–Crippen MR) is 91.7 cm³/mol. The predicted octanol–water partition coefficient (Wildman–Crippen LogP) is 3.78. The normalized spacial score (nSPS) is 17.2. The molecule has 24 heavy (non-hydrogen) atoms. The lowest BCUT2D eigenvalue weighted by Gasteiger charge is -2.18. The van der Waals surface area contributed by atoms with Crippen LogP contribution in [0.4, 0.5) is 15.8 Å². The number of anilines is 2. The number of para-hydroxylation sites is 1. The van der Waals surface area contributed by atoms with E-state index in [2.05, 4.69) is 5.32 Å². The van der Waals surface area contributed by atoms with Crippen LogP contribution in [0.1, 0.15) is 12.0 Å². The third-order valence-corrected chi connectivity index (χ3v) is 4.40. The van der Waals surface area contributed by atoms with Crippen LogP contribution in [0.3, 0.4) is 0 Å². The molecule has 1 heterocycles. The highest BCUT2D eigenvalue weighted by Crippen LogP contribution is 2.31. The molecule has 0 aromatic heterocycles. The zero-order valence-electron chi connectivity index (χ0n) is 13.1. The molecule has 1 fully saturated rings. The Kier molecular flexibility index (Phi) is 4.53. The number of nitrogens with one attached hydrogen (secondary N) is 1. The summed E-state index contributed by atoms with van der Waals surface area (Å²) in [7, 11) is 0. The summed E-state index contributed by atoms with van der Waals surface area (Å²) in [4.78, 5) is 26.1. The van der Waals surface area contributed by atoms with Gasteiger partial charge >= 0.3 is 0 Å². The molecule has 4 nitrogen and oxygen atoms in total. The molecule has 1 aliphatic rings. The Bertz CT molecular complexity index is 809. The van der Waals surface area contributed by atoms with Gasteiger partial charge in [-0.1, -0.05) is 29.8 Å².